The number of aryl methyl sites for hydroxylation is 1. The van der Waals surface area contributed by atoms with Gasteiger partial charge in [-0.05, 0) is 31.2 Å². The maximum Gasteiger partial charge on any atom is 0.232 e. The van der Waals surface area contributed by atoms with Gasteiger partial charge in [0, 0.05) is 27.0 Å². The van der Waals surface area contributed by atoms with E-state index in [-0.39, 0.29) is 12.3 Å². The van der Waals surface area contributed by atoms with Crippen molar-refractivity contribution in [2.45, 2.75) is 13.3 Å². The van der Waals surface area contributed by atoms with Gasteiger partial charge in [-0.1, -0.05) is 29.8 Å². The van der Waals surface area contributed by atoms with Crippen molar-refractivity contribution in [2.75, 3.05) is 5.32 Å². The van der Waals surface area contributed by atoms with E-state index < -0.39 is 0 Å². The number of thiazole rings is 2. The largest absolute Gasteiger partial charge is 0.302 e. The molecule has 0 unspecified atom stereocenters. The molecule has 5 nitrogen and oxygen atoms in total. The third-order valence-electron chi connectivity index (χ3n) is 3.94. The van der Waals surface area contributed by atoms with Gasteiger partial charge in [-0.15, -0.1) is 22.7 Å². The molecule has 1 aromatic carbocycles. The summed E-state index contributed by atoms with van der Waals surface area (Å²) in [7, 11) is 0. The van der Waals surface area contributed by atoms with Crippen LogP contribution < -0.4 is 5.32 Å². The lowest BCUT2D eigenvalue weighted by molar-refractivity contribution is -0.115. The van der Waals surface area contributed by atoms with Gasteiger partial charge in [0.1, 0.15) is 5.01 Å². The van der Waals surface area contributed by atoms with Crippen molar-refractivity contribution >= 4 is 45.3 Å². The van der Waals surface area contributed by atoms with Gasteiger partial charge in [-0.2, -0.15) is 0 Å². The highest BCUT2D eigenvalue weighted by Gasteiger charge is 2.14. The molecule has 0 fully saturated rings. The minimum absolute atomic E-state index is 0.144. The number of anilines is 1. The molecule has 4 rings (SSSR count). The van der Waals surface area contributed by atoms with Crippen molar-refractivity contribution in [3.8, 4) is 22.0 Å². The number of rotatable bonds is 5. The number of carbonyl (C=O) groups is 1. The van der Waals surface area contributed by atoms with E-state index in [1.165, 1.54) is 22.7 Å². The zero-order valence-electron chi connectivity index (χ0n) is 14.8. The number of pyridine rings is 1. The Morgan fingerprint density at radius 1 is 1.14 bits per heavy atom. The van der Waals surface area contributed by atoms with E-state index in [0.717, 1.165) is 26.8 Å². The number of nitrogens with one attached hydrogen (secondary N) is 1. The number of benzene rings is 1. The zero-order chi connectivity index (χ0) is 19.5. The number of hydrogen-bond donors (Lipinski definition) is 1. The molecule has 0 aliphatic heterocycles. The van der Waals surface area contributed by atoms with Gasteiger partial charge in [0.2, 0.25) is 5.91 Å². The van der Waals surface area contributed by atoms with E-state index >= 15 is 0 Å². The molecule has 0 aliphatic rings. The molecule has 0 atom stereocenters. The van der Waals surface area contributed by atoms with Crippen LogP contribution in [0, 0.1) is 6.92 Å². The van der Waals surface area contributed by atoms with Crippen LogP contribution in [0.25, 0.3) is 22.0 Å². The van der Waals surface area contributed by atoms with E-state index in [9.17, 15) is 4.79 Å². The highest BCUT2D eigenvalue weighted by atomic mass is 35.5. The van der Waals surface area contributed by atoms with Gasteiger partial charge in [0.05, 0.1) is 23.5 Å². The van der Waals surface area contributed by atoms with Gasteiger partial charge in [0.15, 0.2) is 5.13 Å². The first-order valence-electron chi connectivity index (χ1n) is 8.47. The first-order valence-corrected chi connectivity index (χ1v) is 10.5. The third kappa shape index (κ3) is 4.27. The van der Waals surface area contributed by atoms with E-state index in [1.807, 2.05) is 54.8 Å². The normalized spacial score (nSPS) is 10.8. The Bertz CT molecular complexity index is 1110. The molecule has 8 heteroatoms. The summed E-state index contributed by atoms with van der Waals surface area (Å²) in [6, 6.07) is 13.2. The van der Waals surface area contributed by atoms with Gasteiger partial charge in [-0.25, -0.2) is 9.97 Å². The van der Waals surface area contributed by atoms with E-state index in [2.05, 4.69) is 20.3 Å². The highest BCUT2D eigenvalue weighted by molar-refractivity contribution is 7.16. The minimum atomic E-state index is -0.144. The molecule has 4 aromatic rings. The SMILES string of the molecule is Cc1sc(NC(=O)Cc2csc(-c3ccccn3)n2)nc1-c1ccc(Cl)cc1. The summed E-state index contributed by atoms with van der Waals surface area (Å²) >= 11 is 8.88. The second kappa shape index (κ2) is 8.18. The van der Waals surface area contributed by atoms with Gasteiger partial charge < -0.3 is 5.32 Å². The molecule has 3 heterocycles. The van der Waals surface area contributed by atoms with Crippen LogP contribution in [0.2, 0.25) is 5.02 Å². The summed E-state index contributed by atoms with van der Waals surface area (Å²) in [5.41, 5.74) is 3.35. The smallest absolute Gasteiger partial charge is 0.232 e. The lowest BCUT2D eigenvalue weighted by atomic mass is 10.1. The summed E-state index contributed by atoms with van der Waals surface area (Å²) < 4.78 is 0. The Morgan fingerprint density at radius 2 is 1.96 bits per heavy atom. The molecule has 0 radical (unpaired) electrons. The molecular weight excluding hydrogens is 412 g/mol. The summed E-state index contributed by atoms with van der Waals surface area (Å²) in [5.74, 6) is -0.144. The molecule has 140 valence electrons. The molecule has 0 saturated heterocycles. The Balaban J connectivity index is 1.44. The fourth-order valence-corrected chi connectivity index (χ4v) is 4.42. The van der Waals surface area contributed by atoms with Crippen molar-refractivity contribution in [2.24, 2.45) is 0 Å². The number of aromatic nitrogens is 3. The van der Waals surface area contributed by atoms with Crippen molar-refractivity contribution in [1.82, 2.24) is 15.0 Å². The van der Waals surface area contributed by atoms with Crippen LogP contribution in [0.3, 0.4) is 0 Å². The summed E-state index contributed by atoms with van der Waals surface area (Å²) in [6.45, 7) is 1.98. The first kappa shape index (κ1) is 18.7. The molecule has 0 aliphatic carbocycles. The number of carbonyl (C=O) groups excluding carboxylic acids is 1. The van der Waals surface area contributed by atoms with Crippen molar-refractivity contribution in [3.63, 3.8) is 0 Å². The predicted molar refractivity (Wildman–Crippen MR) is 115 cm³/mol. The zero-order valence-corrected chi connectivity index (χ0v) is 17.2. The van der Waals surface area contributed by atoms with Crippen molar-refractivity contribution < 1.29 is 4.79 Å². The first-order chi connectivity index (χ1) is 13.6. The summed E-state index contributed by atoms with van der Waals surface area (Å²) in [4.78, 5) is 26.8. The fourth-order valence-electron chi connectivity index (χ4n) is 2.65. The Labute approximate surface area is 175 Å². The molecule has 3 aromatic heterocycles. The van der Waals surface area contributed by atoms with Gasteiger partial charge in [0.25, 0.3) is 0 Å². The Morgan fingerprint density at radius 3 is 2.71 bits per heavy atom. The average Bonchev–Trinajstić information content (AvgIpc) is 3.30. The van der Waals surface area contributed by atoms with Crippen LogP contribution in [0.15, 0.2) is 54.0 Å². The maximum atomic E-state index is 12.4. The summed E-state index contributed by atoms with van der Waals surface area (Å²) in [5, 5.41) is 6.82. The van der Waals surface area contributed by atoms with Crippen LogP contribution in [-0.4, -0.2) is 20.9 Å². The van der Waals surface area contributed by atoms with Crippen LogP contribution in [0.4, 0.5) is 5.13 Å². The van der Waals surface area contributed by atoms with Crippen LogP contribution in [0.5, 0.6) is 0 Å². The van der Waals surface area contributed by atoms with Gasteiger partial charge in [-0.3, -0.25) is 9.78 Å². The molecule has 0 bridgehead atoms. The van der Waals surface area contributed by atoms with Crippen molar-refractivity contribution in [1.29, 1.82) is 0 Å². The number of halogens is 1. The Kier molecular flexibility index (Phi) is 5.47. The monoisotopic (exact) mass is 426 g/mol. The standard InChI is InChI=1S/C20H15ClN4OS2/c1-12-18(13-5-7-14(21)8-6-13)25-20(28-12)24-17(26)10-15-11-27-19(23-15)16-4-2-3-9-22-16/h2-9,11H,10H2,1H3,(H,24,25,26). The lowest BCUT2D eigenvalue weighted by Gasteiger charge is -2.00. The number of amides is 1. The van der Waals surface area contributed by atoms with E-state index in [4.69, 9.17) is 11.6 Å². The maximum absolute atomic E-state index is 12.4. The molecular formula is C20H15ClN4OS2. The number of nitrogens with zero attached hydrogens (tertiary/aromatic N) is 3. The highest BCUT2D eigenvalue weighted by Crippen LogP contribution is 2.31. The molecule has 0 spiro atoms. The topological polar surface area (TPSA) is 67.8 Å². The lowest BCUT2D eigenvalue weighted by Crippen LogP contribution is -2.14. The van der Waals surface area contributed by atoms with E-state index in [0.29, 0.717) is 15.8 Å². The summed E-state index contributed by atoms with van der Waals surface area (Å²) in [6.07, 6.45) is 1.92. The third-order valence-corrected chi connectivity index (χ3v) is 5.99. The minimum Gasteiger partial charge on any atom is -0.302 e. The molecule has 0 saturated carbocycles. The van der Waals surface area contributed by atoms with Crippen LogP contribution >= 0.6 is 34.3 Å². The quantitative estimate of drug-likeness (QED) is 0.459. The fraction of sp³-hybridized carbons (Fsp3) is 0.100. The predicted octanol–water partition coefficient (Wildman–Crippen LogP) is 5.47. The van der Waals surface area contributed by atoms with Crippen molar-refractivity contribution in [3.05, 3.63) is 69.6 Å². The second-order valence-electron chi connectivity index (χ2n) is 6.01. The van der Waals surface area contributed by atoms with Crippen LogP contribution in [-0.2, 0) is 11.2 Å². The number of hydrogen-bond acceptors (Lipinski definition) is 6. The average molecular weight is 427 g/mol. The van der Waals surface area contributed by atoms with Gasteiger partial charge >= 0.3 is 0 Å². The molecule has 1 N–H and O–H groups in total. The second-order valence-corrected chi connectivity index (χ2v) is 8.51. The van der Waals surface area contributed by atoms with Crippen LogP contribution in [0.1, 0.15) is 10.6 Å². The van der Waals surface area contributed by atoms with E-state index in [1.54, 1.807) is 6.20 Å². The molecule has 28 heavy (non-hydrogen) atoms. The Hall–Kier alpha value is -2.61. The molecule has 1 amide bonds.